The number of benzene rings is 2. The summed E-state index contributed by atoms with van der Waals surface area (Å²) in [7, 11) is 0. The van der Waals surface area contributed by atoms with E-state index in [9.17, 15) is 0 Å². The van der Waals surface area contributed by atoms with Crippen molar-refractivity contribution in [1.29, 1.82) is 0 Å². The molecule has 2 nitrogen and oxygen atoms in total. The highest BCUT2D eigenvalue weighted by atomic mass is 79.9. The van der Waals surface area contributed by atoms with Crippen molar-refractivity contribution in [2.24, 2.45) is 0 Å². The van der Waals surface area contributed by atoms with Gasteiger partial charge in [-0.1, -0.05) is 47.1 Å². The van der Waals surface area contributed by atoms with Crippen LogP contribution in [0.4, 0.5) is 5.69 Å². The van der Waals surface area contributed by atoms with Crippen molar-refractivity contribution >= 4 is 43.3 Å². The van der Waals surface area contributed by atoms with Crippen LogP contribution in [0, 0.1) is 6.92 Å². The highest BCUT2D eigenvalue weighted by Crippen LogP contribution is 2.37. The Hall–Kier alpha value is -1.61. The second kappa shape index (κ2) is 5.64. The molecule has 1 heterocycles. The Morgan fingerprint density at radius 2 is 1.81 bits per heavy atom. The third-order valence-corrected chi connectivity index (χ3v) is 4.62. The van der Waals surface area contributed by atoms with Crippen molar-refractivity contribution in [2.45, 2.75) is 27.2 Å². The normalized spacial score (nSPS) is 11.2. The van der Waals surface area contributed by atoms with Gasteiger partial charge >= 0.3 is 0 Å². The van der Waals surface area contributed by atoms with Crippen LogP contribution in [-0.4, -0.2) is 11.5 Å². The van der Waals surface area contributed by atoms with Crippen molar-refractivity contribution in [2.75, 3.05) is 11.9 Å². The maximum absolute atomic E-state index is 4.90. The SMILES string of the molecule is CCNc1c(CC)c(C)nc2c1cc(Br)c1ccccc12. The number of nitrogens with one attached hydrogen (secondary N) is 1. The molecule has 3 heteroatoms. The van der Waals surface area contributed by atoms with Crippen LogP contribution in [0.25, 0.3) is 21.7 Å². The summed E-state index contributed by atoms with van der Waals surface area (Å²) in [4.78, 5) is 4.90. The van der Waals surface area contributed by atoms with Gasteiger partial charge in [0.2, 0.25) is 0 Å². The third kappa shape index (κ3) is 2.30. The second-order valence-electron chi connectivity index (χ2n) is 5.23. The predicted octanol–water partition coefficient (Wildman–Crippen LogP) is 5.45. The molecule has 1 N–H and O–H groups in total. The molecule has 0 aliphatic heterocycles. The van der Waals surface area contributed by atoms with Gasteiger partial charge < -0.3 is 5.32 Å². The van der Waals surface area contributed by atoms with Crippen LogP contribution in [0.2, 0.25) is 0 Å². The van der Waals surface area contributed by atoms with Crippen LogP contribution >= 0.6 is 15.9 Å². The minimum absolute atomic E-state index is 0.913. The van der Waals surface area contributed by atoms with Gasteiger partial charge in [0, 0.05) is 33.2 Å². The summed E-state index contributed by atoms with van der Waals surface area (Å²) in [5.74, 6) is 0. The fourth-order valence-electron chi connectivity index (χ4n) is 3.02. The molecule has 0 amide bonds. The Morgan fingerprint density at radius 1 is 1.10 bits per heavy atom. The summed E-state index contributed by atoms with van der Waals surface area (Å²) in [6.45, 7) is 7.34. The van der Waals surface area contributed by atoms with E-state index in [-0.39, 0.29) is 0 Å². The van der Waals surface area contributed by atoms with Crippen LogP contribution in [0.3, 0.4) is 0 Å². The largest absolute Gasteiger partial charge is 0.384 e. The first-order valence-corrected chi connectivity index (χ1v) is 8.21. The molecule has 1 aromatic heterocycles. The van der Waals surface area contributed by atoms with Gasteiger partial charge in [-0.15, -0.1) is 0 Å². The Bertz CT molecular complexity index is 824. The maximum Gasteiger partial charge on any atom is 0.0805 e. The van der Waals surface area contributed by atoms with Crippen LogP contribution < -0.4 is 5.32 Å². The molecule has 108 valence electrons. The molecule has 0 spiro atoms. The zero-order valence-corrected chi connectivity index (χ0v) is 14.2. The molecule has 0 saturated heterocycles. The van der Waals surface area contributed by atoms with Gasteiger partial charge in [0.15, 0.2) is 0 Å². The van der Waals surface area contributed by atoms with Crippen LogP contribution in [-0.2, 0) is 6.42 Å². The molecule has 0 unspecified atom stereocenters. The van der Waals surface area contributed by atoms with Crippen molar-refractivity contribution in [3.05, 3.63) is 46.1 Å². The van der Waals surface area contributed by atoms with E-state index >= 15 is 0 Å². The molecule has 0 saturated carbocycles. The quantitative estimate of drug-likeness (QED) is 0.640. The average Bonchev–Trinajstić information content (AvgIpc) is 2.49. The Morgan fingerprint density at radius 3 is 2.48 bits per heavy atom. The van der Waals surface area contributed by atoms with Gasteiger partial charge in [-0.05, 0) is 37.3 Å². The van der Waals surface area contributed by atoms with Gasteiger partial charge in [-0.2, -0.15) is 0 Å². The monoisotopic (exact) mass is 342 g/mol. The molecule has 0 aliphatic rings. The minimum Gasteiger partial charge on any atom is -0.384 e. The number of aryl methyl sites for hydroxylation is 1. The Balaban J connectivity index is 2.51. The average molecular weight is 343 g/mol. The number of halogens is 1. The standard InChI is InChI=1S/C18H19BrN2/c1-4-12-11(3)21-18-14-9-7-6-8-13(14)16(19)10-15(18)17(12)20-5-2/h6-10H,4-5H2,1-3H3,(H,20,21). The molecule has 0 atom stereocenters. The summed E-state index contributed by atoms with van der Waals surface area (Å²) in [5.41, 5.74) is 4.74. The van der Waals surface area contributed by atoms with Crippen molar-refractivity contribution < 1.29 is 0 Å². The molecule has 3 aromatic rings. The number of hydrogen-bond donors (Lipinski definition) is 1. The Kier molecular flexibility index (Phi) is 3.85. The summed E-state index contributed by atoms with van der Waals surface area (Å²) in [6.07, 6.45) is 0.988. The van der Waals surface area contributed by atoms with E-state index in [1.807, 2.05) is 0 Å². The second-order valence-corrected chi connectivity index (χ2v) is 6.09. The van der Waals surface area contributed by atoms with Gasteiger partial charge in [-0.25, -0.2) is 0 Å². The zero-order valence-electron chi connectivity index (χ0n) is 12.6. The first kappa shape index (κ1) is 14.3. The molecule has 0 bridgehead atoms. The summed E-state index contributed by atoms with van der Waals surface area (Å²) in [6, 6.07) is 10.6. The van der Waals surface area contributed by atoms with E-state index in [4.69, 9.17) is 4.98 Å². The fraction of sp³-hybridized carbons (Fsp3) is 0.278. The van der Waals surface area contributed by atoms with E-state index in [1.165, 1.54) is 27.4 Å². The molecule has 3 rings (SSSR count). The van der Waals surface area contributed by atoms with Crippen LogP contribution in [0.15, 0.2) is 34.8 Å². The first-order valence-electron chi connectivity index (χ1n) is 7.41. The summed E-state index contributed by atoms with van der Waals surface area (Å²) < 4.78 is 1.12. The van der Waals surface area contributed by atoms with Crippen molar-refractivity contribution in [3.8, 4) is 0 Å². The number of rotatable bonds is 3. The lowest BCUT2D eigenvalue weighted by molar-refractivity contribution is 1.06. The lowest BCUT2D eigenvalue weighted by Gasteiger charge is -2.17. The first-order chi connectivity index (χ1) is 10.2. The topological polar surface area (TPSA) is 24.9 Å². The van der Waals surface area contributed by atoms with Crippen LogP contribution in [0.5, 0.6) is 0 Å². The molecular weight excluding hydrogens is 324 g/mol. The minimum atomic E-state index is 0.913. The number of pyridine rings is 1. The molecule has 0 aliphatic carbocycles. The Labute approximate surface area is 133 Å². The molecule has 2 aromatic carbocycles. The lowest BCUT2D eigenvalue weighted by atomic mass is 10.00. The van der Waals surface area contributed by atoms with Gasteiger partial charge in [-0.3, -0.25) is 4.98 Å². The molecule has 0 radical (unpaired) electrons. The highest BCUT2D eigenvalue weighted by molar-refractivity contribution is 9.10. The van der Waals surface area contributed by atoms with Gasteiger partial charge in [0.05, 0.1) is 5.52 Å². The maximum atomic E-state index is 4.90. The summed E-state index contributed by atoms with van der Waals surface area (Å²) in [5, 5.41) is 7.15. The number of fused-ring (bicyclic) bond motifs is 3. The summed E-state index contributed by atoms with van der Waals surface area (Å²) >= 11 is 3.71. The zero-order chi connectivity index (χ0) is 15.0. The number of aromatic nitrogens is 1. The van der Waals surface area contributed by atoms with E-state index in [1.54, 1.807) is 0 Å². The van der Waals surface area contributed by atoms with Gasteiger partial charge in [0.25, 0.3) is 0 Å². The van der Waals surface area contributed by atoms with Gasteiger partial charge in [0.1, 0.15) is 0 Å². The van der Waals surface area contributed by atoms with E-state index in [0.717, 1.165) is 28.6 Å². The molecular formula is C18H19BrN2. The lowest BCUT2D eigenvalue weighted by Crippen LogP contribution is -2.05. The third-order valence-electron chi connectivity index (χ3n) is 3.96. The number of anilines is 1. The van der Waals surface area contributed by atoms with E-state index in [2.05, 4.69) is 72.3 Å². The molecule has 0 fully saturated rings. The van der Waals surface area contributed by atoms with Crippen molar-refractivity contribution in [1.82, 2.24) is 4.98 Å². The smallest absolute Gasteiger partial charge is 0.0805 e. The highest BCUT2D eigenvalue weighted by Gasteiger charge is 2.14. The predicted molar refractivity (Wildman–Crippen MR) is 95.2 cm³/mol. The number of nitrogens with zero attached hydrogens (tertiary/aromatic N) is 1. The fourth-order valence-corrected chi connectivity index (χ4v) is 3.59. The van der Waals surface area contributed by atoms with E-state index in [0.29, 0.717) is 0 Å². The number of hydrogen-bond acceptors (Lipinski definition) is 2. The van der Waals surface area contributed by atoms with Crippen LogP contribution in [0.1, 0.15) is 25.1 Å². The van der Waals surface area contributed by atoms with E-state index < -0.39 is 0 Å². The molecule has 21 heavy (non-hydrogen) atoms. The van der Waals surface area contributed by atoms with Crippen molar-refractivity contribution in [3.63, 3.8) is 0 Å².